The minimum atomic E-state index is 0.791. The van der Waals surface area contributed by atoms with Crippen LogP contribution in [-0.4, -0.2) is 9.13 Å². The molecule has 0 fully saturated rings. The van der Waals surface area contributed by atoms with Crippen molar-refractivity contribution in [3.63, 3.8) is 0 Å². The van der Waals surface area contributed by atoms with Crippen molar-refractivity contribution in [2.24, 2.45) is 0 Å². The predicted octanol–water partition coefficient (Wildman–Crippen LogP) is 2.25. The molecule has 4 aromatic rings. The lowest BCUT2D eigenvalue weighted by Crippen LogP contribution is -2.49. The van der Waals surface area contributed by atoms with Crippen LogP contribution in [0, 0.1) is 0 Å². The summed E-state index contributed by atoms with van der Waals surface area (Å²) in [6.07, 6.45) is 13.6. The number of hydrogen-bond donors (Lipinski definition) is 0. The lowest BCUT2D eigenvalue weighted by atomic mass is 10.0. The summed E-state index contributed by atoms with van der Waals surface area (Å²) < 4.78 is 8.70. The number of fused-ring (bicyclic) bond motifs is 10. The van der Waals surface area contributed by atoms with Crippen LogP contribution < -0.4 is 9.13 Å². The molecule has 4 nitrogen and oxygen atoms in total. The Morgan fingerprint density at radius 3 is 1.79 bits per heavy atom. The minimum absolute atomic E-state index is 0.791. The molecule has 0 atom stereocenters. The molecule has 2 aromatic heterocycles. The van der Waals surface area contributed by atoms with Crippen LogP contribution in [0.4, 0.5) is 0 Å². The molecule has 1 aliphatic heterocycles. The Hall–Kier alpha value is -3.14. The Kier molecular flexibility index (Phi) is 2.88. The zero-order chi connectivity index (χ0) is 15.9. The average molecular weight is 314 g/mol. The monoisotopic (exact) mass is 314 g/mol. The first-order chi connectivity index (χ1) is 11.8. The Labute approximate surface area is 140 Å². The Morgan fingerprint density at radius 1 is 0.708 bits per heavy atom. The van der Waals surface area contributed by atoms with Crippen LogP contribution in [0.1, 0.15) is 11.1 Å². The van der Waals surface area contributed by atoms with Crippen LogP contribution in [0.15, 0.2) is 86.0 Å². The van der Waals surface area contributed by atoms with Crippen molar-refractivity contribution in [3.05, 3.63) is 97.1 Å². The Morgan fingerprint density at radius 2 is 1.25 bits per heavy atom. The topological polar surface area (TPSA) is 17.6 Å². The third kappa shape index (κ3) is 2.33. The standard InChI is InChI=1S/C20H18N4/c1-3-17-11-18-4-2-6-20(13-18)24-10-8-22(16-24)14-21-7-9-23(15-21)19(5-1)12-17/h1-10,12-13,15-16H,11,14H2/q+2. The molecule has 0 amide bonds. The van der Waals surface area contributed by atoms with Crippen molar-refractivity contribution in [3.8, 4) is 11.4 Å². The lowest BCUT2D eigenvalue weighted by Gasteiger charge is -2.05. The summed E-state index contributed by atoms with van der Waals surface area (Å²) in [4.78, 5) is 0. The highest BCUT2D eigenvalue weighted by Gasteiger charge is 2.13. The molecular formula is C20H18N4+2. The lowest BCUT2D eigenvalue weighted by molar-refractivity contribution is -0.912. The van der Waals surface area contributed by atoms with Gasteiger partial charge in [-0.15, -0.1) is 0 Å². The third-order valence-electron chi connectivity index (χ3n) is 4.54. The molecular weight excluding hydrogens is 296 g/mol. The van der Waals surface area contributed by atoms with E-state index in [-0.39, 0.29) is 0 Å². The Bertz CT molecular complexity index is 944. The van der Waals surface area contributed by atoms with E-state index in [1.54, 1.807) is 0 Å². The van der Waals surface area contributed by atoms with Gasteiger partial charge in [-0.05, 0) is 41.8 Å². The SMILES string of the molecule is c1cc2cc(c1)-n1cc[n+](c1)C[n+]1ccn(c1)-c1cccc(c1)C2. The highest BCUT2D eigenvalue weighted by atomic mass is 15.2. The molecule has 116 valence electrons. The molecule has 3 heterocycles. The van der Waals surface area contributed by atoms with Crippen LogP contribution in [0.5, 0.6) is 0 Å². The van der Waals surface area contributed by atoms with Crippen molar-refractivity contribution in [2.45, 2.75) is 13.1 Å². The van der Waals surface area contributed by atoms with Crippen LogP contribution in [0.2, 0.25) is 0 Å². The van der Waals surface area contributed by atoms with E-state index in [1.165, 1.54) is 22.5 Å². The van der Waals surface area contributed by atoms with E-state index >= 15 is 0 Å². The van der Waals surface area contributed by atoms with Crippen LogP contribution in [-0.2, 0) is 13.1 Å². The van der Waals surface area contributed by atoms with Gasteiger partial charge in [0, 0.05) is 0 Å². The van der Waals surface area contributed by atoms with Crippen molar-refractivity contribution in [1.82, 2.24) is 9.13 Å². The van der Waals surface area contributed by atoms with E-state index in [0.717, 1.165) is 13.1 Å². The molecule has 0 radical (unpaired) electrons. The van der Waals surface area contributed by atoms with Gasteiger partial charge in [0.1, 0.15) is 36.2 Å². The van der Waals surface area contributed by atoms with Gasteiger partial charge in [-0.1, -0.05) is 24.3 Å². The summed E-state index contributed by atoms with van der Waals surface area (Å²) in [7, 11) is 0. The molecule has 0 aliphatic carbocycles. The van der Waals surface area contributed by atoms with E-state index in [1.807, 2.05) is 0 Å². The van der Waals surface area contributed by atoms with Crippen molar-refractivity contribution in [2.75, 3.05) is 0 Å². The van der Waals surface area contributed by atoms with Gasteiger partial charge in [0.05, 0.1) is 0 Å². The van der Waals surface area contributed by atoms with Crippen molar-refractivity contribution in [1.29, 1.82) is 0 Å². The molecule has 1 aliphatic rings. The molecule has 8 bridgehead atoms. The highest BCUT2D eigenvalue weighted by Crippen LogP contribution is 2.17. The molecule has 24 heavy (non-hydrogen) atoms. The summed E-state index contributed by atoms with van der Waals surface area (Å²) in [6.45, 7) is 0.791. The number of hydrogen-bond acceptors (Lipinski definition) is 0. The van der Waals surface area contributed by atoms with Crippen molar-refractivity contribution < 1.29 is 9.13 Å². The van der Waals surface area contributed by atoms with Crippen molar-refractivity contribution >= 4 is 0 Å². The maximum atomic E-state index is 2.27. The van der Waals surface area contributed by atoms with Gasteiger partial charge >= 0.3 is 0 Å². The average Bonchev–Trinajstić information content (AvgIpc) is 3.25. The number of rotatable bonds is 0. The minimum Gasteiger partial charge on any atom is -0.202 e. The molecule has 2 aromatic carbocycles. The summed E-state index contributed by atoms with van der Waals surface area (Å²) in [5, 5.41) is 0. The van der Waals surface area contributed by atoms with Gasteiger partial charge in [-0.3, -0.25) is 0 Å². The normalized spacial score (nSPS) is 12.7. The number of aromatic nitrogens is 4. The van der Waals surface area contributed by atoms with E-state index < -0.39 is 0 Å². The highest BCUT2D eigenvalue weighted by molar-refractivity contribution is 5.41. The first-order valence-corrected chi connectivity index (χ1v) is 8.16. The van der Waals surface area contributed by atoms with Crippen LogP contribution in [0.25, 0.3) is 11.4 Å². The van der Waals surface area contributed by atoms with E-state index in [4.69, 9.17) is 0 Å². The summed E-state index contributed by atoms with van der Waals surface area (Å²) in [5.74, 6) is 0. The van der Waals surface area contributed by atoms with E-state index in [9.17, 15) is 0 Å². The quantitative estimate of drug-likeness (QED) is 0.390. The third-order valence-corrected chi connectivity index (χ3v) is 4.54. The summed E-state index contributed by atoms with van der Waals surface area (Å²) >= 11 is 0. The van der Waals surface area contributed by atoms with Gasteiger partial charge in [0.15, 0.2) is 0 Å². The fraction of sp³-hybridized carbons (Fsp3) is 0.100. The van der Waals surface area contributed by atoms with Gasteiger partial charge in [-0.2, -0.15) is 9.13 Å². The fourth-order valence-electron chi connectivity index (χ4n) is 3.34. The summed E-state index contributed by atoms with van der Waals surface area (Å²) in [5.41, 5.74) is 5.04. The molecule has 0 saturated heterocycles. The molecule has 0 saturated carbocycles. The predicted molar refractivity (Wildman–Crippen MR) is 90.1 cm³/mol. The first-order valence-electron chi connectivity index (χ1n) is 8.16. The summed E-state index contributed by atoms with van der Waals surface area (Å²) in [6, 6.07) is 17.5. The van der Waals surface area contributed by atoms with E-state index in [0.29, 0.717) is 0 Å². The second-order valence-electron chi connectivity index (χ2n) is 6.33. The molecule has 5 rings (SSSR count). The number of nitrogens with zero attached hydrogens (tertiary/aromatic N) is 4. The maximum absolute atomic E-state index is 2.27. The molecule has 4 heteroatoms. The van der Waals surface area contributed by atoms with Gasteiger partial charge in [0.2, 0.25) is 6.67 Å². The number of imidazole rings is 2. The number of benzene rings is 2. The van der Waals surface area contributed by atoms with Crippen LogP contribution >= 0.6 is 0 Å². The maximum Gasteiger partial charge on any atom is 0.252 e. The fourth-order valence-corrected chi connectivity index (χ4v) is 3.34. The van der Waals surface area contributed by atoms with E-state index in [2.05, 4.69) is 104 Å². The zero-order valence-electron chi connectivity index (χ0n) is 13.3. The first kappa shape index (κ1) is 13.3. The molecule has 0 N–H and O–H groups in total. The van der Waals surface area contributed by atoms with Gasteiger partial charge < -0.3 is 0 Å². The van der Waals surface area contributed by atoms with Gasteiger partial charge in [-0.25, -0.2) is 9.13 Å². The van der Waals surface area contributed by atoms with Crippen LogP contribution in [0.3, 0.4) is 0 Å². The largest absolute Gasteiger partial charge is 0.252 e. The second kappa shape index (κ2) is 5.20. The Balaban J connectivity index is 1.70. The second-order valence-corrected chi connectivity index (χ2v) is 6.33. The molecule has 0 spiro atoms. The van der Waals surface area contributed by atoms with Gasteiger partial charge in [0.25, 0.3) is 12.7 Å². The zero-order valence-corrected chi connectivity index (χ0v) is 13.3. The smallest absolute Gasteiger partial charge is 0.202 e. The molecule has 0 unspecified atom stereocenters.